The van der Waals surface area contributed by atoms with Crippen molar-refractivity contribution in [1.82, 2.24) is 5.32 Å². The van der Waals surface area contributed by atoms with Crippen LogP contribution in [0.2, 0.25) is 0 Å². The highest BCUT2D eigenvalue weighted by atomic mass is 16.5. The number of hydrogen-bond acceptors (Lipinski definition) is 5. The lowest BCUT2D eigenvalue weighted by Gasteiger charge is -2.20. The number of ether oxygens (including phenoxy) is 1. The zero-order valence-corrected chi connectivity index (χ0v) is 60.2. The van der Waals surface area contributed by atoms with Crippen LogP contribution in [0.15, 0.2) is 48.6 Å². The Morgan fingerprint density at radius 1 is 0.315 bits per heavy atom. The first-order chi connectivity index (χ1) is 44.0. The van der Waals surface area contributed by atoms with E-state index in [1.54, 1.807) is 6.08 Å². The van der Waals surface area contributed by atoms with E-state index in [1.807, 2.05) is 6.08 Å². The van der Waals surface area contributed by atoms with Gasteiger partial charge in [0.05, 0.1) is 25.4 Å². The Morgan fingerprint density at radius 3 is 0.888 bits per heavy atom. The summed E-state index contributed by atoms with van der Waals surface area (Å²) in [4.78, 5) is 24.7. The predicted octanol–water partition coefficient (Wildman–Crippen LogP) is 26.8. The van der Waals surface area contributed by atoms with Gasteiger partial charge in [-0.2, -0.15) is 0 Å². The Hall–Kier alpha value is -2.18. The zero-order chi connectivity index (χ0) is 64.2. The molecule has 524 valence electrons. The minimum Gasteiger partial charge on any atom is -0.466 e. The molecule has 0 aromatic carbocycles. The van der Waals surface area contributed by atoms with Gasteiger partial charge in [-0.3, -0.25) is 9.59 Å². The standard InChI is InChI=1S/C83H157NO5/c1-3-5-7-9-11-13-15-17-19-21-22-23-24-31-34-37-40-44-47-51-55-59-63-67-71-75-81(86)80(79-85)84-82(87)76-72-68-64-60-56-52-48-45-41-38-35-32-29-27-25-26-28-30-33-36-39-42-46-50-54-58-62-66-70-74-78-89-83(88)77-73-69-65-61-57-53-49-43-20-18-16-14-12-10-8-6-4-2/h12,14,18,20,26,28,71,75,80-81,85-86H,3-11,13,15-17,19,21-25,27,29-70,72-74,76-79H2,1-2H3,(H,84,87)/b14-12-,20-18-,28-26-,75-71+. The van der Waals surface area contributed by atoms with Crippen molar-refractivity contribution in [3.8, 4) is 0 Å². The van der Waals surface area contributed by atoms with Crippen LogP contribution >= 0.6 is 0 Å². The number of aliphatic hydroxyl groups is 2. The number of nitrogens with one attached hydrogen (secondary N) is 1. The summed E-state index contributed by atoms with van der Waals surface area (Å²) in [5.74, 6) is -0.0521. The highest BCUT2D eigenvalue weighted by molar-refractivity contribution is 5.76. The van der Waals surface area contributed by atoms with Crippen LogP contribution in [-0.4, -0.2) is 47.4 Å². The second-order valence-electron chi connectivity index (χ2n) is 27.7. The molecule has 0 aliphatic carbocycles. The van der Waals surface area contributed by atoms with Gasteiger partial charge < -0.3 is 20.3 Å². The van der Waals surface area contributed by atoms with Gasteiger partial charge in [0.25, 0.3) is 0 Å². The molecule has 0 saturated carbocycles. The Morgan fingerprint density at radius 2 is 0.562 bits per heavy atom. The van der Waals surface area contributed by atoms with Gasteiger partial charge in [-0.1, -0.05) is 390 Å². The first-order valence-electron chi connectivity index (χ1n) is 40.4. The van der Waals surface area contributed by atoms with Crippen molar-refractivity contribution in [1.29, 1.82) is 0 Å². The van der Waals surface area contributed by atoms with Gasteiger partial charge >= 0.3 is 5.97 Å². The van der Waals surface area contributed by atoms with Crippen LogP contribution in [0.25, 0.3) is 0 Å². The van der Waals surface area contributed by atoms with E-state index in [4.69, 9.17) is 4.74 Å². The summed E-state index contributed by atoms with van der Waals surface area (Å²) in [5, 5.41) is 23.3. The fourth-order valence-electron chi connectivity index (χ4n) is 12.7. The lowest BCUT2D eigenvalue weighted by atomic mass is 10.0. The summed E-state index contributed by atoms with van der Waals surface area (Å²) in [6.07, 6.45) is 104. The highest BCUT2D eigenvalue weighted by Crippen LogP contribution is 2.19. The maximum atomic E-state index is 12.6. The van der Waals surface area contributed by atoms with Crippen LogP contribution in [0.1, 0.15) is 444 Å². The third kappa shape index (κ3) is 74.7. The molecule has 0 aromatic rings. The zero-order valence-electron chi connectivity index (χ0n) is 60.2. The molecule has 0 aliphatic heterocycles. The molecule has 0 radical (unpaired) electrons. The molecule has 2 unspecified atom stereocenters. The minimum atomic E-state index is -0.846. The molecule has 6 heteroatoms. The molecular formula is C83H157NO5. The minimum absolute atomic E-state index is 0.00961. The Balaban J connectivity index is 3.39. The second-order valence-corrected chi connectivity index (χ2v) is 27.7. The van der Waals surface area contributed by atoms with Gasteiger partial charge in [0.2, 0.25) is 5.91 Å². The second kappa shape index (κ2) is 78.3. The molecule has 89 heavy (non-hydrogen) atoms. The Bertz CT molecular complexity index is 1490. The number of aliphatic hydroxyl groups excluding tert-OH is 2. The molecule has 0 fully saturated rings. The number of esters is 1. The van der Waals surface area contributed by atoms with Gasteiger partial charge in [-0.05, 0) is 89.9 Å². The molecule has 1 amide bonds. The molecular weight excluding hydrogens is 1090 g/mol. The highest BCUT2D eigenvalue weighted by Gasteiger charge is 2.18. The van der Waals surface area contributed by atoms with Crippen LogP contribution in [0.3, 0.4) is 0 Å². The smallest absolute Gasteiger partial charge is 0.305 e. The molecule has 0 spiro atoms. The Labute approximate surface area is 556 Å². The van der Waals surface area contributed by atoms with E-state index in [2.05, 4.69) is 55.6 Å². The fraction of sp³-hybridized carbons (Fsp3) is 0.880. The summed E-state index contributed by atoms with van der Waals surface area (Å²) in [6, 6.07) is -0.629. The normalized spacial score (nSPS) is 12.7. The summed E-state index contributed by atoms with van der Waals surface area (Å²) < 4.78 is 5.50. The average molecular weight is 1250 g/mol. The number of unbranched alkanes of at least 4 members (excludes halogenated alkanes) is 59. The van der Waals surface area contributed by atoms with Crippen molar-refractivity contribution in [2.75, 3.05) is 13.2 Å². The number of allylic oxidation sites excluding steroid dienone is 7. The van der Waals surface area contributed by atoms with Gasteiger partial charge in [0, 0.05) is 12.8 Å². The number of rotatable bonds is 76. The maximum absolute atomic E-state index is 12.6. The van der Waals surface area contributed by atoms with Crippen LogP contribution in [0, 0.1) is 0 Å². The molecule has 6 nitrogen and oxygen atoms in total. The van der Waals surface area contributed by atoms with Crippen molar-refractivity contribution in [3.63, 3.8) is 0 Å². The first kappa shape index (κ1) is 86.8. The van der Waals surface area contributed by atoms with E-state index in [-0.39, 0.29) is 18.5 Å². The summed E-state index contributed by atoms with van der Waals surface area (Å²) in [5.41, 5.74) is 0. The number of amides is 1. The predicted molar refractivity (Wildman–Crippen MR) is 393 cm³/mol. The number of hydrogen-bond donors (Lipinski definition) is 3. The molecule has 0 heterocycles. The average Bonchev–Trinajstić information content (AvgIpc) is 3.60. The van der Waals surface area contributed by atoms with Gasteiger partial charge in [-0.15, -0.1) is 0 Å². The van der Waals surface area contributed by atoms with Gasteiger partial charge in [-0.25, -0.2) is 0 Å². The van der Waals surface area contributed by atoms with E-state index >= 15 is 0 Å². The maximum Gasteiger partial charge on any atom is 0.305 e. The van der Waals surface area contributed by atoms with E-state index in [0.717, 1.165) is 51.4 Å². The van der Waals surface area contributed by atoms with Gasteiger partial charge in [0.1, 0.15) is 0 Å². The van der Waals surface area contributed by atoms with Crippen molar-refractivity contribution >= 4 is 11.9 Å². The van der Waals surface area contributed by atoms with E-state index < -0.39 is 12.1 Å². The lowest BCUT2D eigenvalue weighted by molar-refractivity contribution is -0.143. The lowest BCUT2D eigenvalue weighted by Crippen LogP contribution is -2.45. The topological polar surface area (TPSA) is 95.9 Å². The first-order valence-corrected chi connectivity index (χ1v) is 40.4. The molecule has 3 N–H and O–H groups in total. The number of carbonyl (C=O) groups is 2. The molecule has 0 aromatic heterocycles. The van der Waals surface area contributed by atoms with E-state index in [0.29, 0.717) is 19.4 Å². The molecule has 0 saturated heterocycles. The van der Waals surface area contributed by atoms with Crippen molar-refractivity contribution in [2.24, 2.45) is 0 Å². The van der Waals surface area contributed by atoms with Crippen LogP contribution in [0.5, 0.6) is 0 Å². The van der Waals surface area contributed by atoms with Crippen LogP contribution < -0.4 is 5.32 Å². The summed E-state index contributed by atoms with van der Waals surface area (Å²) >= 11 is 0. The van der Waals surface area contributed by atoms with Gasteiger partial charge in [0.15, 0.2) is 0 Å². The van der Waals surface area contributed by atoms with Crippen LogP contribution in [-0.2, 0) is 14.3 Å². The van der Waals surface area contributed by atoms with Crippen LogP contribution in [0.4, 0.5) is 0 Å². The van der Waals surface area contributed by atoms with Crippen molar-refractivity contribution < 1.29 is 24.5 Å². The molecule has 0 rings (SSSR count). The number of carbonyl (C=O) groups excluding carboxylic acids is 2. The third-order valence-electron chi connectivity index (χ3n) is 18.8. The monoisotopic (exact) mass is 1250 g/mol. The van der Waals surface area contributed by atoms with E-state index in [9.17, 15) is 19.8 Å². The van der Waals surface area contributed by atoms with Crippen molar-refractivity contribution in [3.05, 3.63) is 48.6 Å². The molecule has 0 bridgehead atoms. The molecule has 2 atom stereocenters. The fourth-order valence-corrected chi connectivity index (χ4v) is 12.7. The molecule has 0 aliphatic rings. The van der Waals surface area contributed by atoms with Crippen molar-refractivity contribution in [2.45, 2.75) is 456 Å². The quantitative estimate of drug-likeness (QED) is 0.0320. The largest absolute Gasteiger partial charge is 0.466 e. The summed E-state index contributed by atoms with van der Waals surface area (Å²) in [7, 11) is 0. The summed E-state index contributed by atoms with van der Waals surface area (Å²) in [6.45, 7) is 4.92. The Kier molecular flexibility index (Phi) is 76.3. The SMILES string of the molecule is CCCCC/C=C\C/C=C\CCCCCCCCCC(=O)OCCCCCCCCCCCCCC/C=C\CCCCCCCCCCCCCCCCC(=O)NC(CO)C(O)/C=C/CCCCCCCCCCCCCCCCCCCCCCCCC. The van der Waals surface area contributed by atoms with E-state index in [1.165, 1.54) is 366 Å². The third-order valence-corrected chi connectivity index (χ3v) is 18.8.